The smallest absolute Gasteiger partial charge is 0.336 e. The number of fused-ring (bicyclic) bond motifs is 1. The molecule has 2 aromatic heterocycles. The third kappa shape index (κ3) is 6.67. The van der Waals surface area contributed by atoms with Crippen LogP contribution in [0.3, 0.4) is 0 Å². The Morgan fingerprint density at radius 2 is 1.90 bits per heavy atom. The molecule has 1 N–H and O–H groups in total. The van der Waals surface area contributed by atoms with Gasteiger partial charge in [0.05, 0.1) is 0 Å². The first-order valence-electron chi connectivity index (χ1n) is 9.93. The number of nitrogens with zero attached hydrogens (tertiary/aromatic N) is 2. The largest absolute Gasteiger partial charge is 0.484 e. The molecule has 0 aliphatic carbocycles. The van der Waals surface area contributed by atoms with Crippen molar-refractivity contribution in [2.45, 2.75) is 51.9 Å². The summed E-state index contributed by atoms with van der Waals surface area (Å²) in [6.07, 6.45) is 8.27. The van der Waals surface area contributed by atoms with E-state index in [-0.39, 0.29) is 12.5 Å². The lowest BCUT2D eigenvalue weighted by Crippen LogP contribution is -2.20. The molecule has 3 rings (SSSR count). The second-order valence-electron chi connectivity index (χ2n) is 6.81. The lowest BCUT2D eigenvalue weighted by Gasteiger charge is -2.06. The van der Waals surface area contributed by atoms with Crippen LogP contribution in [0.4, 0.5) is 5.13 Å². The van der Waals surface area contributed by atoms with Gasteiger partial charge < -0.3 is 9.15 Å². The molecule has 0 saturated heterocycles. The summed E-state index contributed by atoms with van der Waals surface area (Å²) in [7, 11) is 0. The molecule has 7 nitrogen and oxygen atoms in total. The van der Waals surface area contributed by atoms with Gasteiger partial charge in [0.1, 0.15) is 16.3 Å². The quantitative estimate of drug-likeness (QED) is 0.364. The maximum absolute atomic E-state index is 12.1. The fourth-order valence-corrected chi connectivity index (χ4v) is 3.69. The number of nitrogens with one attached hydrogen (secondary N) is 1. The van der Waals surface area contributed by atoms with Gasteiger partial charge in [0.15, 0.2) is 6.61 Å². The molecule has 29 heavy (non-hydrogen) atoms. The van der Waals surface area contributed by atoms with Crippen LogP contribution < -0.4 is 15.7 Å². The highest BCUT2D eigenvalue weighted by Gasteiger charge is 2.09. The molecule has 1 aromatic carbocycles. The minimum absolute atomic E-state index is 0.172. The van der Waals surface area contributed by atoms with Crippen molar-refractivity contribution in [1.82, 2.24) is 10.2 Å². The van der Waals surface area contributed by atoms with E-state index in [4.69, 9.17) is 9.15 Å². The van der Waals surface area contributed by atoms with Crippen LogP contribution in [0.25, 0.3) is 11.0 Å². The number of carbonyl (C=O) groups is 1. The molecule has 2 heterocycles. The first-order chi connectivity index (χ1) is 14.1. The Kier molecular flexibility index (Phi) is 7.75. The highest BCUT2D eigenvalue weighted by Crippen LogP contribution is 2.20. The lowest BCUT2D eigenvalue weighted by molar-refractivity contribution is -0.118. The molecule has 0 unspecified atom stereocenters. The summed E-state index contributed by atoms with van der Waals surface area (Å²) in [6, 6.07) is 8.12. The number of hydrogen-bond acceptors (Lipinski definition) is 7. The van der Waals surface area contributed by atoms with Gasteiger partial charge in [-0.15, -0.1) is 10.2 Å². The van der Waals surface area contributed by atoms with Crippen molar-refractivity contribution in [3.63, 3.8) is 0 Å². The number of unbranched alkanes of at least 4 members (excludes halogenated alkanes) is 5. The first-order valence-corrected chi connectivity index (χ1v) is 10.7. The number of anilines is 1. The van der Waals surface area contributed by atoms with Crippen molar-refractivity contribution < 1.29 is 13.9 Å². The Labute approximate surface area is 173 Å². The fraction of sp³-hybridized carbons (Fsp3) is 0.429. The molecular formula is C21H25N3O4S. The first kappa shape index (κ1) is 21.0. The van der Waals surface area contributed by atoms with Crippen LogP contribution in [0.5, 0.6) is 5.75 Å². The van der Waals surface area contributed by atoms with Crippen LogP contribution in [-0.4, -0.2) is 22.7 Å². The van der Waals surface area contributed by atoms with E-state index in [9.17, 15) is 9.59 Å². The van der Waals surface area contributed by atoms with Gasteiger partial charge in [0, 0.05) is 23.9 Å². The normalized spacial score (nSPS) is 10.9. The predicted molar refractivity (Wildman–Crippen MR) is 114 cm³/mol. The Morgan fingerprint density at radius 3 is 2.76 bits per heavy atom. The average Bonchev–Trinajstić information content (AvgIpc) is 3.15. The van der Waals surface area contributed by atoms with Gasteiger partial charge in [-0.3, -0.25) is 10.1 Å². The number of aryl methyl sites for hydroxylation is 1. The van der Waals surface area contributed by atoms with Crippen molar-refractivity contribution in [3.05, 3.63) is 45.8 Å². The zero-order valence-corrected chi connectivity index (χ0v) is 17.3. The molecule has 0 spiro atoms. The Morgan fingerprint density at radius 1 is 1.10 bits per heavy atom. The van der Waals surface area contributed by atoms with E-state index in [1.54, 1.807) is 24.3 Å². The second-order valence-corrected chi connectivity index (χ2v) is 7.87. The molecule has 0 bridgehead atoms. The third-order valence-electron chi connectivity index (χ3n) is 4.42. The minimum atomic E-state index is -0.430. The number of hydrogen-bond donors (Lipinski definition) is 1. The van der Waals surface area contributed by atoms with Gasteiger partial charge in [-0.05, 0) is 24.6 Å². The zero-order valence-electron chi connectivity index (χ0n) is 16.5. The number of ether oxygens (including phenoxy) is 1. The van der Waals surface area contributed by atoms with Crippen LogP contribution in [0.15, 0.2) is 39.5 Å². The fourth-order valence-electron chi connectivity index (χ4n) is 2.90. The van der Waals surface area contributed by atoms with E-state index in [2.05, 4.69) is 22.4 Å². The molecule has 0 aliphatic rings. The van der Waals surface area contributed by atoms with E-state index < -0.39 is 5.63 Å². The summed E-state index contributed by atoms with van der Waals surface area (Å²) >= 11 is 1.40. The van der Waals surface area contributed by atoms with E-state index >= 15 is 0 Å². The number of rotatable bonds is 11. The van der Waals surface area contributed by atoms with Gasteiger partial charge in [-0.25, -0.2) is 4.79 Å². The lowest BCUT2D eigenvalue weighted by atomic mass is 10.1. The highest BCUT2D eigenvalue weighted by molar-refractivity contribution is 7.15. The molecular weight excluding hydrogens is 390 g/mol. The van der Waals surface area contributed by atoms with Crippen molar-refractivity contribution in [2.75, 3.05) is 11.9 Å². The monoisotopic (exact) mass is 415 g/mol. The molecule has 0 atom stereocenters. The van der Waals surface area contributed by atoms with Gasteiger partial charge in [-0.1, -0.05) is 50.4 Å². The van der Waals surface area contributed by atoms with E-state index in [1.165, 1.54) is 49.5 Å². The van der Waals surface area contributed by atoms with Crippen LogP contribution in [0.1, 0.15) is 50.5 Å². The summed E-state index contributed by atoms with van der Waals surface area (Å²) in [6.45, 7) is 2.04. The summed E-state index contributed by atoms with van der Waals surface area (Å²) in [5.74, 6) is 0.130. The third-order valence-corrected chi connectivity index (χ3v) is 5.32. The Balaban J connectivity index is 1.43. The Hall–Kier alpha value is -2.74. The number of benzene rings is 1. The number of carbonyl (C=O) groups excluding carboxylic acids is 1. The molecule has 8 heteroatoms. The van der Waals surface area contributed by atoms with Crippen molar-refractivity contribution in [3.8, 4) is 5.75 Å². The van der Waals surface area contributed by atoms with Crippen LogP contribution in [0, 0.1) is 0 Å². The van der Waals surface area contributed by atoms with Crippen molar-refractivity contribution >= 4 is 33.3 Å². The van der Waals surface area contributed by atoms with E-state index in [0.29, 0.717) is 16.5 Å². The molecule has 154 valence electrons. The molecule has 1 amide bonds. The minimum Gasteiger partial charge on any atom is -0.484 e. The summed E-state index contributed by atoms with van der Waals surface area (Å²) in [4.78, 5) is 23.4. The van der Waals surface area contributed by atoms with Crippen molar-refractivity contribution in [2.24, 2.45) is 0 Å². The molecule has 0 saturated carbocycles. The van der Waals surface area contributed by atoms with Gasteiger partial charge >= 0.3 is 5.63 Å². The SMILES string of the molecule is CCCCCCCCc1nnc(NC(=O)COc2ccc3ccc(=O)oc3c2)s1. The number of aromatic nitrogens is 2. The van der Waals surface area contributed by atoms with Gasteiger partial charge in [0.2, 0.25) is 5.13 Å². The van der Waals surface area contributed by atoms with E-state index in [0.717, 1.165) is 23.2 Å². The summed E-state index contributed by atoms with van der Waals surface area (Å²) < 4.78 is 10.6. The number of amides is 1. The predicted octanol–water partition coefficient (Wildman–Crippen LogP) is 4.57. The van der Waals surface area contributed by atoms with Gasteiger partial charge in [-0.2, -0.15) is 0 Å². The van der Waals surface area contributed by atoms with Gasteiger partial charge in [0.25, 0.3) is 5.91 Å². The summed E-state index contributed by atoms with van der Waals surface area (Å²) in [5, 5.41) is 13.1. The molecule has 0 aliphatic heterocycles. The standard InChI is InChI=1S/C21H25N3O4S/c1-2-3-4-5-6-7-8-19-23-24-21(29-19)22-18(25)14-27-16-11-9-15-10-12-20(26)28-17(15)13-16/h9-13H,2-8,14H2,1H3,(H,22,24,25). The topological polar surface area (TPSA) is 94.3 Å². The molecule has 3 aromatic rings. The Bertz CT molecular complexity index is 999. The second kappa shape index (κ2) is 10.7. The van der Waals surface area contributed by atoms with E-state index in [1.807, 2.05) is 0 Å². The average molecular weight is 416 g/mol. The highest BCUT2D eigenvalue weighted by atomic mass is 32.1. The van der Waals surface area contributed by atoms with Crippen LogP contribution in [0.2, 0.25) is 0 Å². The summed E-state index contributed by atoms with van der Waals surface area (Å²) in [5.41, 5.74) is -0.0145. The van der Waals surface area contributed by atoms with Crippen molar-refractivity contribution in [1.29, 1.82) is 0 Å². The van der Waals surface area contributed by atoms with Crippen LogP contribution in [-0.2, 0) is 11.2 Å². The molecule has 0 fully saturated rings. The zero-order chi connectivity index (χ0) is 20.5. The maximum Gasteiger partial charge on any atom is 0.336 e. The molecule has 0 radical (unpaired) electrons. The van der Waals surface area contributed by atoms with Crippen LogP contribution >= 0.6 is 11.3 Å². The maximum atomic E-state index is 12.1.